The van der Waals surface area contributed by atoms with E-state index in [-0.39, 0.29) is 6.42 Å². The van der Waals surface area contributed by atoms with Gasteiger partial charge in [0.1, 0.15) is 0 Å². The summed E-state index contributed by atoms with van der Waals surface area (Å²) < 4.78 is 0. The van der Waals surface area contributed by atoms with Crippen LogP contribution in [-0.2, 0) is 4.79 Å². The van der Waals surface area contributed by atoms with Crippen LogP contribution in [0.2, 0.25) is 0 Å². The van der Waals surface area contributed by atoms with Crippen LogP contribution in [0.5, 0.6) is 0 Å². The first-order valence-corrected chi connectivity index (χ1v) is 10.2. The summed E-state index contributed by atoms with van der Waals surface area (Å²) >= 11 is 0. The maximum Gasteiger partial charge on any atom is 0.303 e. The van der Waals surface area contributed by atoms with Crippen molar-refractivity contribution in [3.05, 3.63) is 60.8 Å². The maximum atomic E-state index is 10.4. The van der Waals surface area contributed by atoms with Crippen LogP contribution in [0.3, 0.4) is 0 Å². The van der Waals surface area contributed by atoms with Gasteiger partial charge in [-0.1, -0.05) is 80.5 Å². The minimum atomic E-state index is -0.699. The van der Waals surface area contributed by atoms with Crippen molar-refractivity contribution in [2.75, 3.05) is 0 Å². The molecular weight excluding hydrogens is 320 g/mol. The molecule has 0 rings (SSSR count). The first-order valence-electron chi connectivity index (χ1n) is 10.2. The van der Waals surface area contributed by atoms with Gasteiger partial charge in [-0.05, 0) is 57.8 Å². The highest BCUT2D eigenvalue weighted by Crippen LogP contribution is 2.02. The Kier molecular flexibility index (Phi) is 19.7. The second kappa shape index (κ2) is 21.2. The van der Waals surface area contributed by atoms with Gasteiger partial charge in [0.2, 0.25) is 0 Å². The molecule has 0 aromatic heterocycles. The average molecular weight is 359 g/mol. The molecule has 2 heteroatoms. The third-order valence-corrected chi connectivity index (χ3v) is 3.91. The average Bonchev–Trinajstić information content (AvgIpc) is 2.62. The number of carbonyl (C=O) groups is 1. The van der Waals surface area contributed by atoms with Crippen LogP contribution in [0.1, 0.15) is 84.0 Å². The van der Waals surface area contributed by atoms with Crippen LogP contribution in [0.4, 0.5) is 0 Å². The Bertz CT molecular complexity index is 453. The van der Waals surface area contributed by atoms with Crippen LogP contribution < -0.4 is 0 Å². The van der Waals surface area contributed by atoms with E-state index in [1.54, 1.807) is 0 Å². The molecule has 0 radical (unpaired) electrons. The first-order chi connectivity index (χ1) is 12.8. The van der Waals surface area contributed by atoms with Crippen LogP contribution in [-0.4, -0.2) is 11.1 Å². The number of unbranched alkanes of at least 4 members (excludes halogenated alkanes) is 5. The Hall–Kier alpha value is -1.83. The zero-order chi connectivity index (χ0) is 19.1. The molecule has 26 heavy (non-hydrogen) atoms. The van der Waals surface area contributed by atoms with Crippen molar-refractivity contribution < 1.29 is 9.90 Å². The highest BCUT2D eigenvalue weighted by Gasteiger charge is 1.93. The third kappa shape index (κ3) is 22.2. The zero-order valence-electron chi connectivity index (χ0n) is 16.6. The molecule has 0 heterocycles. The summed E-state index contributed by atoms with van der Waals surface area (Å²) in [4.78, 5) is 10.4. The van der Waals surface area contributed by atoms with Crippen molar-refractivity contribution in [2.45, 2.75) is 84.0 Å². The number of carboxylic acids is 1. The van der Waals surface area contributed by atoms with E-state index in [1.807, 2.05) is 0 Å². The molecule has 0 saturated carbocycles. The fourth-order valence-electron chi connectivity index (χ4n) is 2.37. The molecule has 0 amide bonds. The molecule has 0 aromatic rings. The maximum absolute atomic E-state index is 10.4. The highest BCUT2D eigenvalue weighted by molar-refractivity contribution is 5.66. The summed E-state index contributed by atoms with van der Waals surface area (Å²) in [6.45, 7) is 2.24. The normalized spacial score (nSPS) is 12.7. The summed E-state index contributed by atoms with van der Waals surface area (Å²) in [7, 11) is 0. The van der Waals surface area contributed by atoms with Crippen molar-refractivity contribution in [3.63, 3.8) is 0 Å². The number of aliphatic carboxylic acids is 1. The Morgan fingerprint density at radius 2 is 1.00 bits per heavy atom. The smallest absolute Gasteiger partial charge is 0.303 e. The molecule has 0 saturated heterocycles. The number of rotatable bonds is 17. The van der Waals surface area contributed by atoms with E-state index in [4.69, 9.17) is 5.11 Å². The van der Waals surface area contributed by atoms with Gasteiger partial charge >= 0.3 is 5.97 Å². The van der Waals surface area contributed by atoms with Crippen LogP contribution in [0.15, 0.2) is 60.8 Å². The molecule has 0 bridgehead atoms. The number of hydrogen-bond acceptors (Lipinski definition) is 1. The Morgan fingerprint density at radius 1 is 0.615 bits per heavy atom. The van der Waals surface area contributed by atoms with Crippen molar-refractivity contribution >= 4 is 5.97 Å². The lowest BCUT2D eigenvalue weighted by molar-refractivity contribution is -0.137. The lowest BCUT2D eigenvalue weighted by Crippen LogP contribution is -1.92. The van der Waals surface area contributed by atoms with Gasteiger partial charge in [-0.15, -0.1) is 0 Å². The fourth-order valence-corrected chi connectivity index (χ4v) is 2.37. The van der Waals surface area contributed by atoms with Gasteiger partial charge in [0.25, 0.3) is 0 Å². The lowest BCUT2D eigenvalue weighted by atomic mass is 10.2. The summed E-state index contributed by atoms with van der Waals surface area (Å²) in [5.74, 6) is -0.699. The van der Waals surface area contributed by atoms with Crippen molar-refractivity contribution in [1.29, 1.82) is 0 Å². The van der Waals surface area contributed by atoms with Gasteiger partial charge in [0.05, 0.1) is 0 Å². The van der Waals surface area contributed by atoms with Gasteiger partial charge in [0, 0.05) is 6.42 Å². The Labute approximate surface area is 161 Å². The molecule has 0 unspecified atom stereocenters. The van der Waals surface area contributed by atoms with Crippen molar-refractivity contribution in [2.24, 2.45) is 0 Å². The van der Waals surface area contributed by atoms with Crippen LogP contribution in [0, 0.1) is 0 Å². The topological polar surface area (TPSA) is 37.3 Å². The standard InChI is InChI=1S/C24H38O2/c1-2-3-4-5-6-7-8-9-10-11-12-13-14-15-16-17-18-19-20-21-22-23-24(25)26/h6-7,9-10,12-13,15-16,18-19H,2-5,8,11,14,17,20-23H2,1H3,(H,25,26)/b7-6-,10-9-,13-12-,16-15-,19-18-. The van der Waals surface area contributed by atoms with Gasteiger partial charge < -0.3 is 5.11 Å². The van der Waals surface area contributed by atoms with Crippen LogP contribution >= 0.6 is 0 Å². The van der Waals surface area contributed by atoms with Gasteiger partial charge in [-0.25, -0.2) is 0 Å². The molecule has 0 aliphatic rings. The molecule has 0 aliphatic heterocycles. The summed E-state index contributed by atoms with van der Waals surface area (Å²) in [5, 5.41) is 8.53. The lowest BCUT2D eigenvalue weighted by Gasteiger charge is -1.92. The molecular formula is C24H38O2. The minimum absolute atomic E-state index is 0.283. The highest BCUT2D eigenvalue weighted by atomic mass is 16.4. The van der Waals surface area contributed by atoms with Crippen molar-refractivity contribution in [3.8, 4) is 0 Å². The Morgan fingerprint density at radius 3 is 1.38 bits per heavy atom. The predicted molar refractivity (Wildman–Crippen MR) is 114 cm³/mol. The molecule has 0 spiro atoms. The summed E-state index contributed by atoms with van der Waals surface area (Å²) in [6, 6.07) is 0. The van der Waals surface area contributed by atoms with Gasteiger partial charge in [-0.3, -0.25) is 4.79 Å². The van der Waals surface area contributed by atoms with E-state index in [9.17, 15) is 4.79 Å². The summed E-state index contributed by atoms with van der Waals surface area (Å²) in [5.41, 5.74) is 0. The van der Waals surface area contributed by atoms with E-state index >= 15 is 0 Å². The fraction of sp³-hybridized carbons (Fsp3) is 0.542. The first kappa shape index (κ1) is 24.2. The van der Waals surface area contributed by atoms with E-state index in [0.29, 0.717) is 0 Å². The van der Waals surface area contributed by atoms with E-state index in [1.165, 1.54) is 25.7 Å². The SMILES string of the molecule is CCCCC/C=C\C/C=C\C/C=C\C/C=C\C/C=C\CCCCC(=O)O. The van der Waals surface area contributed by atoms with E-state index < -0.39 is 5.97 Å². The van der Waals surface area contributed by atoms with Gasteiger partial charge in [0.15, 0.2) is 0 Å². The number of hydrogen-bond donors (Lipinski definition) is 1. The van der Waals surface area contributed by atoms with E-state index in [0.717, 1.165) is 44.9 Å². The number of carboxylic acid groups (broad SMARTS) is 1. The quantitative estimate of drug-likeness (QED) is 0.215. The molecule has 0 atom stereocenters. The Balaban J connectivity index is 3.44. The molecule has 1 N–H and O–H groups in total. The second-order valence-electron chi connectivity index (χ2n) is 6.44. The molecule has 2 nitrogen and oxygen atoms in total. The van der Waals surface area contributed by atoms with Crippen LogP contribution in [0.25, 0.3) is 0 Å². The second-order valence-corrected chi connectivity index (χ2v) is 6.44. The molecule has 146 valence electrons. The van der Waals surface area contributed by atoms with Gasteiger partial charge in [-0.2, -0.15) is 0 Å². The predicted octanol–water partition coefficient (Wildman–Crippen LogP) is 7.55. The number of allylic oxidation sites excluding steroid dienone is 10. The summed E-state index contributed by atoms with van der Waals surface area (Å²) in [6.07, 6.45) is 34.2. The largest absolute Gasteiger partial charge is 0.481 e. The minimum Gasteiger partial charge on any atom is -0.481 e. The zero-order valence-corrected chi connectivity index (χ0v) is 16.6. The molecule has 0 aromatic carbocycles. The molecule has 0 fully saturated rings. The molecule has 0 aliphatic carbocycles. The van der Waals surface area contributed by atoms with Crippen molar-refractivity contribution in [1.82, 2.24) is 0 Å². The third-order valence-electron chi connectivity index (χ3n) is 3.91. The van der Waals surface area contributed by atoms with E-state index in [2.05, 4.69) is 67.7 Å². The monoisotopic (exact) mass is 358 g/mol.